The van der Waals surface area contributed by atoms with Crippen LogP contribution in [0.1, 0.15) is 29.2 Å². The summed E-state index contributed by atoms with van der Waals surface area (Å²) >= 11 is 7.27. The molecule has 0 bridgehead atoms. The van der Waals surface area contributed by atoms with Gasteiger partial charge in [0.25, 0.3) is 5.91 Å². The lowest BCUT2D eigenvalue weighted by Gasteiger charge is -2.13. The van der Waals surface area contributed by atoms with Crippen LogP contribution in [0.25, 0.3) is 6.08 Å². The first-order valence-corrected chi connectivity index (χ1v) is 12.1. The van der Waals surface area contributed by atoms with Crippen LogP contribution in [0.4, 0.5) is 5.69 Å². The molecule has 174 valence electrons. The van der Waals surface area contributed by atoms with Gasteiger partial charge in [0.2, 0.25) is 0 Å². The smallest absolute Gasteiger partial charge is 0.264 e. The quantitative estimate of drug-likeness (QED) is 0.367. The maximum absolute atomic E-state index is 12.5. The van der Waals surface area contributed by atoms with Gasteiger partial charge in [-0.1, -0.05) is 41.9 Å². The van der Waals surface area contributed by atoms with Gasteiger partial charge >= 0.3 is 0 Å². The Morgan fingerprint density at radius 2 is 1.82 bits per heavy atom. The Bertz CT molecular complexity index is 1270. The van der Waals surface area contributed by atoms with Gasteiger partial charge in [0.15, 0.2) is 16.7 Å². The zero-order valence-corrected chi connectivity index (χ0v) is 20.8. The van der Waals surface area contributed by atoms with Gasteiger partial charge in [0, 0.05) is 5.02 Å². The third kappa shape index (κ3) is 5.82. The highest BCUT2D eigenvalue weighted by Crippen LogP contribution is 2.33. The van der Waals surface area contributed by atoms with Crippen LogP contribution in [0, 0.1) is 13.8 Å². The first kappa shape index (κ1) is 23.9. The summed E-state index contributed by atoms with van der Waals surface area (Å²) in [5, 5.41) is 4.11. The van der Waals surface area contributed by atoms with Crippen molar-refractivity contribution in [2.45, 2.75) is 27.4 Å². The summed E-state index contributed by atoms with van der Waals surface area (Å²) in [6.45, 7) is 6.89. The maximum atomic E-state index is 12.5. The second-order valence-electron chi connectivity index (χ2n) is 7.76. The van der Waals surface area contributed by atoms with E-state index < -0.39 is 0 Å². The monoisotopic (exact) mass is 492 g/mol. The van der Waals surface area contributed by atoms with Crippen molar-refractivity contribution < 1.29 is 14.3 Å². The molecule has 4 rings (SSSR count). The average Bonchev–Trinajstić information content (AvgIpc) is 3.16. The summed E-state index contributed by atoms with van der Waals surface area (Å²) in [5.41, 5.74) is 4.96. The molecular weight excluding hydrogens is 468 g/mol. The van der Waals surface area contributed by atoms with E-state index in [1.54, 1.807) is 0 Å². The van der Waals surface area contributed by atoms with Crippen LogP contribution in [0.5, 0.6) is 11.5 Å². The molecule has 0 saturated carbocycles. The highest BCUT2D eigenvalue weighted by atomic mass is 35.5. The van der Waals surface area contributed by atoms with Gasteiger partial charge in [-0.25, -0.2) is 4.99 Å². The minimum atomic E-state index is -0.171. The van der Waals surface area contributed by atoms with Crippen LogP contribution in [0.2, 0.25) is 5.02 Å². The number of aliphatic imine (C=N–C) groups is 1. The predicted molar refractivity (Wildman–Crippen MR) is 140 cm³/mol. The van der Waals surface area contributed by atoms with E-state index in [9.17, 15) is 4.79 Å². The molecule has 0 spiro atoms. The van der Waals surface area contributed by atoms with Crippen molar-refractivity contribution in [3.63, 3.8) is 0 Å². The van der Waals surface area contributed by atoms with Crippen molar-refractivity contribution in [2.24, 2.45) is 4.99 Å². The molecule has 1 aliphatic heterocycles. The van der Waals surface area contributed by atoms with E-state index in [2.05, 4.69) is 10.3 Å². The number of amides is 1. The van der Waals surface area contributed by atoms with Gasteiger partial charge in [-0.3, -0.25) is 4.79 Å². The Morgan fingerprint density at radius 1 is 1.03 bits per heavy atom. The van der Waals surface area contributed by atoms with Gasteiger partial charge in [0.1, 0.15) is 6.61 Å². The molecule has 3 aromatic carbocycles. The number of amidine groups is 1. The standard InChI is InChI=1S/C27H25ClN2O3S/c1-4-32-24-14-20(10-13-23(24)33-16-19-8-11-21(28)12-9-19)15-25-26(31)30-27(34-25)29-22-7-5-6-17(2)18(22)3/h5-15H,4,16H2,1-3H3,(H,29,30,31). The maximum Gasteiger partial charge on any atom is 0.264 e. The molecule has 0 radical (unpaired) electrons. The lowest BCUT2D eigenvalue weighted by molar-refractivity contribution is -0.115. The number of aryl methyl sites for hydroxylation is 1. The third-order valence-electron chi connectivity index (χ3n) is 5.32. The fourth-order valence-corrected chi connectivity index (χ4v) is 4.30. The number of thioether (sulfide) groups is 1. The van der Waals surface area contributed by atoms with Crippen LogP contribution in [-0.2, 0) is 11.4 Å². The highest BCUT2D eigenvalue weighted by molar-refractivity contribution is 8.18. The molecule has 5 nitrogen and oxygen atoms in total. The molecule has 1 heterocycles. The predicted octanol–water partition coefficient (Wildman–Crippen LogP) is 6.83. The first-order chi connectivity index (χ1) is 16.4. The fourth-order valence-electron chi connectivity index (χ4n) is 3.34. The minimum Gasteiger partial charge on any atom is -0.490 e. The number of hydrogen-bond acceptors (Lipinski definition) is 5. The topological polar surface area (TPSA) is 59.9 Å². The molecular formula is C27H25ClN2O3S. The number of carbonyl (C=O) groups is 1. The summed E-state index contributed by atoms with van der Waals surface area (Å²) in [5.74, 6) is 1.09. The Hall–Kier alpha value is -3.22. The molecule has 0 aliphatic carbocycles. The Morgan fingerprint density at radius 3 is 2.59 bits per heavy atom. The number of nitrogens with zero attached hydrogens (tertiary/aromatic N) is 1. The SMILES string of the molecule is CCOc1cc(C=C2SC(=Nc3cccc(C)c3C)NC2=O)ccc1OCc1ccc(Cl)cc1. The summed E-state index contributed by atoms with van der Waals surface area (Å²) in [4.78, 5) is 17.8. The molecule has 7 heteroatoms. The molecule has 1 amide bonds. The second-order valence-corrected chi connectivity index (χ2v) is 9.22. The fraction of sp³-hybridized carbons (Fsp3) is 0.185. The molecule has 0 unspecified atom stereocenters. The largest absolute Gasteiger partial charge is 0.490 e. The van der Waals surface area contributed by atoms with Gasteiger partial charge < -0.3 is 14.8 Å². The minimum absolute atomic E-state index is 0.171. The number of rotatable bonds is 7. The zero-order valence-electron chi connectivity index (χ0n) is 19.2. The van der Waals surface area contributed by atoms with Gasteiger partial charge in [0.05, 0.1) is 17.2 Å². The number of carbonyl (C=O) groups excluding carboxylic acids is 1. The van der Waals surface area contributed by atoms with E-state index in [1.807, 2.05) is 87.5 Å². The molecule has 34 heavy (non-hydrogen) atoms. The molecule has 0 aromatic heterocycles. The summed E-state index contributed by atoms with van der Waals surface area (Å²) in [6, 6.07) is 19.1. The van der Waals surface area contributed by atoms with E-state index >= 15 is 0 Å². The van der Waals surface area contributed by atoms with Crippen LogP contribution < -0.4 is 14.8 Å². The average molecular weight is 493 g/mol. The number of benzene rings is 3. The van der Waals surface area contributed by atoms with Crippen molar-refractivity contribution >= 4 is 46.2 Å². The van der Waals surface area contributed by atoms with Crippen LogP contribution in [-0.4, -0.2) is 17.7 Å². The Kier molecular flexibility index (Phi) is 7.60. The van der Waals surface area contributed by atoms with E-state index in [4.69, 9.17) is 21.1 Å². The molecule has 1 aliphatic rings. The van der Waals surface area contributed by atoms with Crippen LogP contribution >= 0.6 is 23.4 Å². The van der Waals surface area contributed by atoms with E-state index in [1.165, 1.54) is 11.8 Å². The molecule has 1 N–H and O–H groups in total. The summed E-state index contributed by atoms with van der Waals surface area (Å²) < 4.78 is 11.8. The van der Waals surface area contributed by atoms with Crippen LogP contribution in [0.3, 0.4) is 0 Å². The van der Waals surface area contributed by atoms with Gasteiger partial charge in [-0.2, -0.15) is 0 Å². The molecule has 1 fully saturated rings. The summed E-state index contributed by atoms with van der Waals surface area (Å²) in [6.07, 6.45) is 1.83. The van der Waals surface area contributed by atoms with Gasteiger partial charge in [-0.15, -0.1) is 0 Å². The third-order valence-corrected chi connectivity index (χ3v) is 6.48. The number of halogens is 1. The van der Waals surface area contributed by atoms with Crippen molar-refractivity contribution in [2.75, 3.05) is 6.61 Å². The second kappa shape index (κ2) is 10.8. The van der Waals surface area contributed by atoms with E-state index in [0.717, 1.165) is 27.9 Å². The zero-order chi connectivity index (χ0) is 24.1. The molecule has 3 aromatic rings. The lowest BCUT2D eigenvalue weighted by Crippen LogP contribution is -2.19. The highest BCUT2D eigenvalue weighted by Gasteiger charge is 2.24. The van der Waals surface area contributed by atoms with E-state index in [0.29, 0.717) is 39.8 Å². The Balaban J connectivity index is 1.52. The number of nitrogens with one attached hydrogen (secondary N) is 1. The van der Waals surface area contributed by atoms with Crippen molar-refractivity contribution in [3.05, 3.63) is 92.8 Å². The van der Waals surface area contributed by atoms with Crippen molar-refractivity contribution in [3.8, 4) is 11.5 Å². The van der Waals surface area contributed by atoms with Crippen LogP contribution in [0.15, 0.2) is 70.6 Å². The molecule has 0 atom stereocenters. The van der Waals surface area contributed by atoms with Gasteiger partial charge in [-0.05, 0) is 91.2 Å². The number of hydrogen-bond donors (Lipinski definition) is 1. The number of ether oxygens (including phenoxy) is 2. The van der Waals surface area contributed by atoms with Crippen molar-refractivity contribution in [1.29, 1.82) is 0 Å². The normalized spacial score (nSPS) is 15.6. The first-order valence-electron chi connectivity index (χ1n) is 10.9. The molecule has 1 saturated heterocycles. The lowest BCUT2D eigenvalue weighted by atomic mass is 10.1. The van der Waals surface area contributed by atoms with Crippen molar-refractivity contribution in [1.82, 2.24) is 5.32 Å². The Labute approximate surface area is 208 Å². The summed E-state index contributed by atoms with van der Waals surface area (Å²) in [7, 11) is 0. The van der Waals surface area contributed by atoms with E-state index in [-0.39, 0.29) is 5.91 Å².